The van der Waals surface area contributed by atoms with Gasteiger partial charge >= 0.3 is 0 Å². The summed E-state index contributed by atoms with van der Waals surface area (Å²) >= 11 is 0. The van der Waals surface area contributed by atoms with Gasteiger partial charge in [0.25, 0.3) is 0 Å². The summed E-state index contributed by atoms with van der Waals surface area (Å²) in [6.45, 7) is 10.7. The van der Waals surface area contributed by atoms with Crippen molar-refractivity contribution in [3.05, 3.63) is 0 Å². The van der Waals surface area contributed by atoms with Crippen molar-refractivity contribution in [2.24, 2.45) is 16.7 Å². The van der Waals surface area contributed by atoms with Crippen molar-refractivity contribution >= 4 is 18.3 Å². The van der Waals surface area contributed by atoms with E-state index in [1.54, 1.807) is 0 Å². The van der Waals surface area contributed by atoms with Crippen LogP contribution in [0.1, 0.15) is 47.0 Å². The summed E-state index contributed by atoms with van der Waals surface area (Å²) in [7, 11) is 0. The van der Waals surface area contributed by atoms with Crippen LogP contribution >= 0.6 is 12.4 Å². The summed E-state index contributed by atoms with van der Waals surface area (Å²) in [6.07, 6.45) is 3.61. The van der Waals surface area contributed by atoms with Crippen LogP contribution in [0.25, 0.3) is 0 Å². The van der Waals surface area contributed by atoms with E-state index < -0.39 is 0 Å². The molecule has 0 aromatic carbocycles. The maximum Gasteiger partial charge on any atom is 0.224 e. The molecule has 1 amide bonds. The Morgan fingerprint density at radius 3 is 2.33 bits per heavy atom. The van der Waals surface area contributed by atoms with Crippen molar-refractivity contribution in [1.29, 1.82) is 0 Å². The molecule has 0 spiro atoms. The Morgan fingerprint density at radius 2 is 1.89 bits per heavy atom. The Hall–Kier alpha value is -0.280. The zero-order chi connectivity index (χ0) is 12.7. The van der Waals surface area contributed by atoms with E-state index in [0.717, 1.165) is 19.5 Å². The first kappa shape index (κ1) is 15.8. The average Bonchev–Trinajstić information content (AvgIpc) is 2.58. The first-order valence-corrected chi connectivity index (χ1v) is 6.88. The average molecular weight is 275 g/mol. The van der Waals surface area contributed by atoms with Gasteiger partial charge < -0.3 is 10.6 Å². The summed E-state index contributed by atoms with van der Waals surface area (Å²) in [5.41, 5.74) is 0.311. The second-order valence-electron chi connectivity index (χ2n) is 6.75. The van der Waals surface area contributed by atoms with Gasteiger partial charge in [0.05, 0.1) is 0 Å². The number of hydrogen-bond donors (Lipinski definition) is 2. The van der Waals surface area contributed by atoms with Gasteiger partial charge in [-0.3, -0.25) is 4.79 Å². The lowest BCUT2D eigenvalue weighted by Gasteiger charge is -2.11. The summed E-state index contributed by atoms with van der Waals surface area (Å²) in [6, 6.07) is 0.621. The molecule has 18 heavy (non-hydrogen) atoms. The second kappa shape index (κ2) is 5.38. The highest BCUT2D eigenvalue weighted by Crippen LogP contribution is 2.68. The number of hydrogen-bond acceptors (Lipinski definition) is 2. The molecule has 4 heteroatoms. The summed E-state index contributed by atoms with van der Waals surface area (Å²) in [4.78, 5) is 12.1. The van der Waals surface area contributed by atoms with Crippen LogP contribution < -0.4 is 10.6 Å². The maximum atomic E-state index is 12.1. The number of carbonyl (C=O) groups is 1. The zero-order valence-electron chi connectivity index (χ0n) is 12.0. The lowest BCUT2D eigenvalue weighted by Crippen LogP contribution is -2.32. The van der Waals surface area contributed by atoms with E-state index in [2.05, 4.69) is 38.3 Å². The molecule has 0 aromatic heterocycles. The lowest BCUT2D eigenvalue weighted by atomic mass is 10.0. The standard InChI is InChI=1S/C14H26N2O.ClH/c1-13(2)11(14(13,3)4)12(17)16-9-7-10-6-5-8-15-10;/h10-11,15H,5-9H2,1-4H3,(H,16,17);1H/t10-;/m1./s1. The highest BCUT2D eigenvalue weighted by Gasteiger charge is 2.68. The molecule has 0 bridgehead atoms. The highest BCUT2D eigenvalue weighted by atomic mass is 35.5. The monoisotopic (exact) mass is 274 g/mol. The minimum absolute atomic E-state index is 0. The second-order valence-corrected chi connectivity index (χ2v) is 6.75. The summed E-state index contributed by atoms with van der Waals surface area (Å²) in [5.74, 6) is 0.435. The van der Waals surface area contributed by atoms with Gasteiger partial charge in [-0.05, 0) is 36.6 Å². The van der Waals surface area contributed by atoms with Crippen LogP contribution in [0, 0.1) is 16.7 Å². The van der Waals surface area contributed by atoms with Gasteiger partial charge in [0, 0.05) is 18.5 Å². The van der Waals surface area contributed by atoms with Crippen LogP contribution in [-0.2, 0) is 4.79 Å². The zero-order valence-corrected chi connectivity index (χ0v) is 12.8. The first-order valence-electron chi connectivity index (χ1n) is 6.88. The molecule has 2 aliphatic rings. The molecule has 1 aliphatic heterocycles. The smallest absolute Gasteiger partial charge is 0.224 e. The molecule has 3 nitrogen and oxygen atoms in total. The molecule has 0 unspecified atom stereocenters. The number of rotatable bonds is 4. The minimum Gasteiger partial charge on any atom is -0.356 e. The summed E-state index contributed by atoms with van der Waals surface area (Å²) in [5, 5.41) is 6.56. The van der Waals surface area contributed by atoms with Crippen LogP contribution in [0.4, 0.5) is 0 Å². The molecule has 0 aromatic rings. The molecule has 2 N–H and O–H groups in total. The van der Waals surface area contributed by atoms with E-state index in [1.165, 1.54) is 12.8 Å². The molecule has 2 rings (SSSR count). The number of halogens is 1. The van der Waals surface area contributed by atoms with Gasteiger partial charge in [-0.25, -0.2) is 0 Å². The minimum atomic E-state index is 0. The molecule has 1 heterocycles. The lowest BCUT2D eigenvalue weighted by molar-refractivity contribution is -0.123. The van der Waals surface area contributed by atoms with Crippen molar-refractivity contribution < 1.29 is 4.79 Å². The fourth-order valence-electron chi connectivity index (χ4n) is 3.33. The van der Waals surface area contributed by atoms with Crippen molar-refractivity contribution in [3.8, 4) is 0 Å². The molecule has 0 radical (unpaired) electrons. The molecule has 106 valence electrons. The predicted molar refractivity (Wildman–Crippen MR) is 77.0 cm³/mol. The van der Waals surface area contributed by atoms with Crippen LogP contribution in [0.3, 0.4) is 0 Å². The van der Waals surface area contributed by atoms with Gasteiger partial charge in [0.2, 0.25) is 5.91 Å². The van der Waals surface area contributed by atoms with Crippen molar-refractivity contribution in [1.82, 2.24) is 10.6 Å². The molecule has 1 atom stereocenters. The first-order chi connectivity index (χ1) is 7.87. The Bertz CT molecular complexity index is 295. The van der Waals surface area contributed by atoms with Crippen LogP contribution in [0.2, 0.25) is 0 Å². The third-order valence-electron chi connectivity index (χ3n) is 5.24. The highest BCUT2D eigenvalue weighted by molar-refractivity contribution is 5.85. The fourth-order valence-corrected chi connectivity index (χ4v) is 3.33. The van der Waals surface area contributed by atoms with E-state index in [1.807, 2.05) is 0 Å². The number of amides is 1. The largest absolute Gasteiger partial charge is 0.356 e. The SMILES string of the molecule is CC1(C)C(C(=O)NCC[C@H]2CCCN2)C1(C)C.Cl. The van der Waals surface area contributed by atoms with E-state index in [4.69, 9.17) is 0 Å². The normalized spacial score (nSPS) is 28.6. The van der Waals surface area contributed by atoms with Gasteiger partial charge in [-0.15, -0.1) is 12.4 Å². The summed E-state index contributed by atoms with van der Waals surface area (Å²) < 4.78 is 0. The number of carbonyl (C=O) groups excluding carboxylic acids is 1. The predicted octanol–water partition coefficient (Wildman–Crippen LogP) is 2.35. The molecule has 1 saturated carbocycles. The van der Waals surface area contributed by atoms with E-state index in [-0.39, 0.29) is 35.1 Å². The number of nitrogens with one attached hydrogen (secondary N) is 2. The Morgan fingerprint density at radius 1 is 1.28 bits per heavy atom. The van der Waals surface area contributed by atoms with Gasteiger partial charge in [-0.1, -0.05) is 27.7 Å². The Kier molecular flexibility index (Phi) is 4.71. The Balaban J connectivity index is 0.00000162. The molecular formula is C14H27ClN2O. The van der Waals surface area contributed by atoms with E-state index in [9.17, 15) is 4.79 Å². The molecule has 2 fully saturated rings. The third-order valence-corrected chi connectivity index (χ3v) is 5.24. The topological polar surface area (TPSA) is 41.1 Å². The van der Waals surface area contributed by atoms with E-state index >= 15 is 0 Å². The van der Waals surface area contributed by atoms with Gasteiger partial charge in [-0.2, -0.15) is 0 Å². The van der Waals surface area contributed by atoms with Crippen molar-refractivity contribution in [2.45, 2.75) is 53.0 Å². The van der Waals surface area contributed by atoms with Crippen LogP contribution in [0.15, 0.2) is 0 Å². The van der Waals surface area contributed by atoms with Crippen molar-refractivity contribution in [3.63, 3.8) is 0 Å². The molecular weight excluding hydrogens is 248 g/mol. The quantitative estimate of drug-likeness (QED) is 0.826. The van der Waals surface area contributed by atoms with E-state index in [0.29, 0.717) is 6.04 Å². The van der Waals surface area contributed by atoms with Gasteiger partial charge in [0.1, 0.15) is 0 Å². The molecule has 1 saturated heterocycles. The Labute approximate surface area is 117 Å². The fraction of sp³-hybridized carbons (Fsp3) is 0.929. The van der Waals surface area contributed by atoms with Crippen LogP contribution in [-0.4, -0.2) is 25.0 Å². The van der Waals surface area contributed by atoms with Crippen LogP contribution in [0.5, 0.6) is 0 Å². The maximum absolute atomic E-state index is 12.1. The third kappa shape index (κ3) is 2.67. The van der Waals surface area contributed by atoms with Crippen molar-refractivity contribution in [2.75, 3.05) is 13.1 Å². The molecule has 1 aliphatic carbocycles. The van der Waals surface area contributed by atoms with Gasteiger partial charge in [0.15, 0.2) is 0 Å².